The normalized spacial score (nSPS) is 13.1. The monoisotopic (exact) mass is 253 g/mol. The third-order valence-corrected chi connectivity index (χ3v) is 3.08. The maximum atomic E-state index is 10.9. The lowest BCUT2D eigenvalue weighted by Gasteiger charge is -2.06. The predicted octanol–water partition coefficient (Wildman–Crippen LogP) is 2.53. The number of rotatable bonds is 4. The average Bonchev–Trinajstić information content (AvgIpc) is 2.15. The van der Waals surface area contributed by atoms with Crippen molar-refractivity contribution in [2.75, 3.05) is 0 Å². The molecule has 1 rings (SSSR count). The first-order valence-corrected chi connectivity index (χ1v) is 7.19. The second-order valence-corrected chi connectivity index (χ2v) is 6.10. The maximum absolute atomic E-state index is 10.9. The molecule has 0 unspecified atom stereocenters. The number of nitrogens with two attached hydrogens (primary N) is 1. The zero-order valence-electron chi connectivity index (χ0n) is 10.5. The molecule has 0 radical (unpaired) electrons. The topological polar surface area (TPSA) is 60.2 Å². The summed E-state index contributed by atoms with van der Waals surface area (Å²) in [7, 11) is -3.56. The molecule has 0 aromatic heterocycles. The molecule has 0 aliphatic carbocycles. The third kappa shape index (κ3) is 5.15. The van der Waals surface area contributed by atoms with Gasteiger partial charge in [0.1, 0.15) is 0 Å². The van der Waals surface area contributed by atoms with Gasteiger partial charge >= 0.3 is 0 Å². The molecule has 2 N–H and O–H groups in total. The quantitative estimate of drug-likeness (QED) is 0.896. The number of sulfonamides is 1. The summed E-state index contributed by atoms with van der Waals surface area (Å²) < 4.78 is 21.9. The molecule has 0 amide bonds. The summed E-state index contributed by atoms with van der Waals surface area (Å²) in [5.41, 5.74) is 2.79. The van der Waals surface area contributed by atoms with Crippen molar-refractivity contribution in [3.8, 4) is 0 Å². The smallest absolute Gasteiger partial charge is 0.225 e. The highest BCUT2D eigenvalue weighted by molar-refractivity contribution is 7.92. The molecule has 0 saturated heterocycles. The van der Waals surface area contributed by atoms with Crippen molar-refractivity contribution in [2.24, 2.45) is 11.1 Å². The largest absolute Gasteiger partial charge is 0.231 e. The van der Waals surface area contributed by atoms with Crippen LogP contribution in [0.1, 0.15) is 31.9 Å². The molecule has 1 aromatic carbocycles. The molecule has 0 aliphatic rings. The molecule has 0 bridgehead atoms. The number of primary sulfonamides is 1. The van der Waals surface area contributed by atoms with Crippen LogP contribution in [0.15, 0.2) is 29.7 Å². The second-order valence-electron chi connectivity index (χ2n) is 4.68. The fourth-order valence-electron chi connectivity index (χ4n) is 1.69. The third-order valence-electron chi connectivity index (χ3n) is 2.39. The van der Waals surface area contributed by atoms with E-state index in [9.17, 15) is 8.42 Å². The summed E-state index contributed by atoms with van der Waals surface area (Å²) >= 11 is 0. The van der Waals surface area contributed by atoms with Crippen LogP contribution in [0.3, 0.4) is 0 Å². The molecular weight excluding hydrogens is 234 g/mol. The van der Waals surface area contributed by atoms with Crippen LogP contribution in [0.2, 0.25) is 0 Å². The van der Waals surface area contributed by atoms with Crippen molar-refractivity contribution in [3.05, 3.63) is 40.8 Å². The second kappa shape index (κ2) is 5.47. The van der Waals surface area contributed by atoms with Gasteiger partial charge in [-0.2, -0.15) is 0 Å². The van der Waals surface area contributed by atoms with Crippen LogP contribution < -0.4 is 5.14 Å². The van der Waals surface area contributed by atoms with E-state index in [1.807, 2.05) is 24.3 Å². The molecule has 17 heavy (non-hydrogen) atoms. The highest BCUT2D eigenvalue weighted by Crippen LogP contribution is 2.16. The summed E-state index contributed by atoms with van der Waals surface area (Å²) in [4.78, 5) is 0. The summed E-state index contributed by atoms with van der Waals surface area (Å²) in [6, 6.07) is 7.90. The highest BCUT2D eigenvalue weighted by Gasteiger charge is 2.02. The van der Waals surface area contributed by atoms with Gasteiger partial charge in [-0.3, -0.25) is 0 Å². The predicted molar refractivity (Wildman–Crippen MR) is 71.7 cm³/mol. The zero-order valence-corrected chi connectivity index (χ0v) is 11.3. The number of hydrogen-bond acceptors (Lipinski definition) is 2. The van der Waals surface area contributed by atoms with E-state index in [-0.39, 0.29) is 0 Å². The Kier molecular flexibility index (Phi) is 4.48. The lowest BCUT2D eigenvalue weighted by atomic mass is 10.0. The van der Waals surface area contributed by atoms with Gasteiger partial charge in [-0.15, -0.1) is 0 Å². The Hall–Kier alpha value is -1.13. The zero-order chi connectivity index (χ0) is 13.1. The molecule has 0 atom stereocenters. The van der Waals surface area contributed by atoms with Crippen molar-refractivity contribution < 1.29 is 8.42 Å². The first-order chi connectivity index (χ1) is 7.78. The summed E-state index contributed by atoms with van der Waals surface area (Å²) in [5.74, 6) is 0.613. The van der Waals surface area contributed by atoms with Gasteiger partial charge in [-0.1, -0.05) is 38.1 Å². The Morgan fingerprint density at radius 2 is 1.82 bits per heavy atom. The van der Waals surface area contributed by atoms with Gasteiger partial charge in [0.25, 0.3) is 0 Å². The van der Waals surface area contributed by atoms with Crippen molar-refractivity contribution >= 4 is 15.6 Å². The van der Waals surface area contributed by atoms with Crippen LogP contribution in [0.5, 0.6) is 0 Å². The highest BCUT2D eigenvalue weighted by atomic mass is 32.2. The van der Waals surface area contributed by atoms with Crippen molar-refractivity contribution in [1.82, 2.24) is 0 Å². The lowest BCUT2D eigenvalue weighted by Crippen LogP contribution is -2.07. The standard InChI is InChI=1S/C13H19NO2S/c1-10(2)8-12-4-6-13(7-5-12)11(3)9-17(14,15)16/h4-7,9-10H,8H2,1-3H3,(H2,14,15,16)/b11-9-. The van der Waals surface area contributed by atoms with Gasteiger partial charge in [0.15, 0.2) is 0 Å². The Morgan fingerprint density at radius 3 is 2.24 bits per heavy atom. The molecule has 0 saturated carbocycles. The van der Waals surface area contributed by atoms with E-state index in [1.165, 1.54) is 5.56 Å². The molecule has 0 fully saturated rings. The van der Waals surface area contributed by atoms with Crippen LogP contribution >= 0.6 is 0 Å². The van der Waals surface area contributed by atoms with Crippen LogP contribution in [0.4, 0.5) is 0 Å². The maximum Gasteiger partial charge on any atom is 0.231 e. The minimum Gasteiger partial charge on any atom is -0.225 e. The number of hydrogen-bond donors (Lipinski definition) is 1. The van der Waals surface area contributed by atoms with Gasteiger partial charge in [0.05, 0.1) is 0 Å². The van der Waals surface area contributed by atoms with Crippen molar-refractivity contribution in [1.29, 1.82) is 0 Å². The van der Waals surface area contributed by atoms with Crippen molar-refractivity contribution in [3.63, 3.8) is 0 Å². The van der Waals surface area contributed by atoms with E-state index in [1.54, 1.807) is 6.92 Å². The van der Waals surface area contributed by atoms with Gasteiger partial charge < -0.3 is 0 Å². The molecule has 0 aliphatic heterocycles. The number of allylic oxidation sites excluding steroid dienone is 1. The first kappa shape index (κ1) is 13.9. The molecule has 0 heterocycles. The van der Waals surface area contributed by atoms with E-state index in [0.29, 0.717) is 11.5 Å². The molecule has 94 valence electrons. The van der Waals surface area contributed by atoms with Crippen LogP contribution in [-0.2, 0) is 16.4 Å². The van der Waals surface area contributed by atoms with E-state index >= 15 is 0 Å². The Morgan fingerprint density at radius 1 is 1.29 bits per heavy atom. The molecule has 3 nitrogen and oxygen atoms in total. The molecule has 0 spiro atoms. The number of benzene rings is 1. The fourth-order valence-corrected chi connectivity index (χ4v) is 2.32. The molecular formula is C13H19NO2S. The van der Waals surface area contributed by atoms with E-state index in [4.69, 9.17) is 5.14 Å². The lowest BCUT2D eigenvalue weighted by molar-refractivity contribution is 0.606. The van der Waals surface area contributed by atoms with Gasteiger partial charge in [-0.25, -0.2) is 13.6 Å². The van der Waals surface area contributed by atoms with Crippen LogP contribution in [0, 0.1) is 5.92 Å². The fraction of sp³-hybridized carbons (Fsp3) is 0.385. The van der Waals surface area contributed by atoms with Crippen molar-refractivity contribution in [2.45, 2.75) is 27.2 Å². The Bertz CT molecular complexity index is 499. The minimum atomic E-state index is -3.56. The molecule has 4 heteroatoms. The Labute approximate surface area is 103 Å². The minimum absolute atomic E-state index is 0.613. The van der Waals surface area contributed by atoms with Gasteiger partial charge in [0.2, 0.25) is 10.0 Å². The van der Waals surface area contributed by atoms with Crippen LogP contribution in [-0.4, -0.2) is 8.42 Å². The molecule has 1 aromatic rings. The Balaban J connectivity index is 2.92. The SMILES string of the molecule is C/C(=C/S(N)(=O)=O)c1ccc(CC(C)C)cc1. The average molecular weight is 253 g/mol. The first-order valence-electron chi connectivity index (χ1n) is 5.58. The summed E-state index contributed by atoms with van der Waals surface area (Å²) in [6.45, 7) is 6.07. The van der Waals surface area contributed by atoms with Gasteiger partial charge in [0, 0.05) is 5.41 Å². The van der Waals surface area contributed by atoms with E-state index in [2.05, 4.69) is 13.8 Å². The van der Waals surface area contributed by atoms with Crippen LogP contribution in [0.25, 0.3) is 5.57 Å². The van der Waals surface area contributed by atoms with E-state index < -0.39 is 10.0 Å². The summed E-state index contributed by atoms with van der Waals surface area (Å²) in [5, 5.41) is 6.05. The summed E-state index contributed by atoms with van der Waals surface area (Å²) in [6.07, 6.45) is 1.03. The van der Waals surface area contributed by atoms with E-state index in [0.717, 1.165) is 17.4 Å². The van der Waals surface area contributed by atoms with Gasteiger partial charge in [-0.05, 0) is 36.0 Å².